The second-order valence-corrected chi connectivity index (χ2v) is 2.46. The Morgan fingerprint density at radius 1 is 1.75 bits per heavy atom. The molecule has 1 aliphatic heterocycles. The van der Waals surface area contributed by atoms with Gasteiger partial charge in [0.15, 0.2) is 0 Å². The van der Waals surface area contributed by atoms with E-state index in [1.807, 2.05) is 0 Å². The molecule has 8 heavy (non-hydrogen) atoms. The van der Waals surface area contributed by atoms with E-state index in [1.165, 1.54) is 0 Å². The Hall–Kier alpha value is -0.200. The minimum Gasteiger partial charge on any atom is -0.236 e. The van der Waals surface area contributed by atoms with Gasteiger partial charge in [-0.2, -0.15) is 5.26 Å². The highest BCUT2D eigenvalue weighted by atomic mass is 32.1. The van der Waals surface area contributed by atoms with Gasteiger partial charge in [0, 0.05) is 6.54 Å². The van der Waals surface area contributed by atoms with Crippen LogP contribution in [0.1, 0.15) is 12.8 Å². The smallest absolute Gasteiger partial charge is 0.107 e. The van der Waals surface area contributed by atoms with Crippen LogP contribution in [-0.4, -0.2) is 16.9 Å². The first-order chi connectivity index (χ1) is 3.84. The van der Waals surface area contributed by atoms with Gasteiger partial charge < -0.3 is 0 Å². The van der Waals surface area contributed by atoms with Crippen LogP contribution in [0.25, 0.3) is 0 Å². The Bertz CT molecular complexity index is 118. The molecule has 0 N–H and O–H groups in total. The summed E-state index contributed by atoms with van der Waals surface area (Å²) < 4.78 is 1.79. The fraction of sp³-hybridized carbons (Fsp3) is 0.800. The number of rotatable bonds is 0. The molecular formula is C5H8N2S. The van der Waals surface area contributed by atoms with Gasteiger partial charge in [0.05, 0.1) is 6.07 Å². The van der Waals surface area contributed by atoms with Crippen molar-refractivity contribution in [2.45, 2.75) is 18.9 Å². The van der Waals surface area contributed by atoms with Crippen molar-refractivity contribution in [1.29, 1.82) is 5.26 Å². The number of thiol groups is 1. The van der Waals surface area contributed by atoms with E-state index >= 15 is 0 Å². The van der Waals surface area contributed by atoms with Gasteiger partial charge in [-0.05, 0) is 12.8 Å². The molecule has 0 aromatic carbocycles. The zero-order valence-corrected chi connectivity index (χ0v) is 5.43. The first-order valence-corrected chi connectivity index (χ1v) is 3.09. The quantitative estimate of drug-likeness (QED) is 0.489. The highest BCUT2D eigenvalue weighted by molar-refractivity contribution is 7.77. The molecule has 1 unspecified atom stereocenters. The Morgan fingerprint density at radius 3 is 2.75 bits per heavy atom. The summed E-state index contributed by atoms with van der Waals surface area (Å²) in [6.07, 6.45) is 2.10. The van der Waals surface area contributed by atoms with Crippen LogP contribution < -0.4 is 0 Å². The summed E-state index contributed by atoms with van der Waals surface area (Å²) in [5.41, 5.74) is 0. The maximum absolute atomic E-state index is 8.40. The highest BCUT2D eigenvalue weighted by Gasteiger charge is 2.20. The standard InChI is InChI=1S/C5H8N2S/c6-4-5-2-1-3-7(5)8/h5,8H,1-3H2. The zero-order valence-electron chi connectivity index (χ0n) is 4.54. The fourth-order valence-corrected chi connectivity index (χ4v) is 1.19. The van der Waals surface area contributed by atoms with Crippen LogP contribution in [0, 0.1) is 11.3 Å². The molecule has 1 rings (SSSR count). The van der Waals surface area contributed by atoms with E-state index < -0.39 is 0 Å². The lowest BCUT2D eigenvalue weighted by Crippen LogP contribution is -2.16. The topological polar surface area (TPSA) is 27.0 Å². The van der Waals surface area contributed by atoms with Gasteiger partial charge in [-0.1, -0.05) is 12.8 Å². The summed E-state index contributed by atoms with van der Waals surface area (Å²) in [5, 5.41) is 8.40. The van der Waals surface area contributed by atoms with Gasteiger partial charge >= 0.3 is 0 Å². The molecule has 1 heterocycles. The predicted molar refractivity (Wildman–Crippen MR) is 34.3 cm³/mol. The molecule has 1 atom stereocenters. The van der Waals surface area contributed by atoms with E-state index in [9.17, 15) is 0 Å². The second-order valence-electron chi connectivity index (χ2n) is 1.95. The van der Waals surface area contributed by atoms with Crippen molar-refractivity contribution in [3.05, 3.63) is 0 Å². The van der Waals surface area contributed by atoms with E-state index in [-0.39, 0.29) is 6.04 Å². The summed E-state index contributed by atoms with van der Waals surface area (Å²) in [4.78, 5) is 0. The molecule has 1 saturated heterocycles. The van der Waals surface area contributed by atoms with Gasteiger partial charge in [-0.3, -0.25) is 0 Å². The first kappa shape index (κ1) is 5.93. The minimum atomic E-state index is 0.0679. The van der Waals surface area contributed by atoms with Gasteiger partial charge in [0.1, 0.15) is 6.04 Å². The first-order valence-electron chi connectivity index (χ1n) is 2.69. The van der Waals surface area contributed by atoms with Crippen molar-refractivity contribution < 1.29 is 0 Å². The normalized spacial score (nSPS) is 30.2. The van der Waals surface area contributed by atoms with E-state index in [4.69, 9.17) is 5.26 Å². The number of hydrogen-bond donors (Lipinski definition) is 1. The Kier molecular flexibility index (Phi) is 1.77. The van der Waals surface area contributed by atoms with Crippen LogP contribution in [0.15, 0.2) is 0 Å². The number of hydrogen-bond acceptors (Lipinski definition) is 3. The van der Waals surface area contributed by atoms with Gasteiger partial charge in [-0.15, -0.1) is 0 Å². The van der Waals surface area contributed by atoms with E-state index in [0.29, 0.717) is 0 Å². The molecule has 1 aliphatic rings. The summed E-state index contributed by atoms with van der Waals surface area (Å²) in [6.45, 7) is 0.960. The highest BCUT2D eigenvalue weighted by Crippen LogP contribution is 2.17. The molecule has 0 radical (unpaired) electrons. The molecule has 0 amide bonds. The van der Waals surface area contributed by atoms with Crippen LogP contribution in [0.3, 0.4) is 0 Å². The Morgan fingerprint density at radius 2 is 2.50 bits per heavy atom. The lowest BCUT2D eigenvalue weighted by Gasteiger charge is -2.07. The van der Waals surface area contributed by atoms with Crippen LogP contribution in [0.4, 0.5) is 0 Å². The molecule has 1 fully saturated rings. The SMILES string of the molecule is N#CC1CCCN1S. The van der Waals surface area contributed by atoms with Crippen LogP contribution >= 0.6 is 12.8 Å². The lowest BCUT2D eigenvalue weighted by molar-refractivity contribution is 0.520. The van der Waals surface area contributed by atoms with Crippen LogP contribution in [-0.2, 0) is 0 Å². The van der Waals surface area contributed by atoms with Crippen molar-refractivity contribution in [2.75, 3.05) is 6.54 Å². The molecule has 0 saturated carbocycles. The summed E-state index contributed by atoms with van der Waals surface area (Å²) in [5.74, 6) is 0. The molecule has 0 bridgehead atoms. The molecule has 2 nitrogen and oxygen atoms in total. The van der Waals surface area contributed by atoms with E-state index in [0.717, 1.165) is 19.4 Å². The number of nitrogens with zero attached hydrogens (tertiary/aromatic N) is 2. The van der Waals surface area contributed by atoms with Crippen molar-refractivity contribution >= 4 is 12.8 Å². The van der Waals surface area contributed by atoms with Crippen molar-refractivity contribution in [1.82, 2.24) is 4.31 Å². The van der Waals surface area contributed by atoms with E-state index in [2.05, 4.69) is 18.9 Å². The molecule has 0 aromatic heterocycles. The largest absolute Gasteiger partial charge is 0.236 e. The monoisotopic (exact) mass is 128 g/mol. The van der Waals surface area contributed by atoms with Gasteiger partial charge in [0.25, 0.3) is 0 Å². The molecule has 3 heteroatoms. The summed E-state index contributed by atoms with van der Waals surface area (Å²) in [6, 6.07) is 2.23. The average Bonchev–Trinajstić information content (AvgIpc) is 2.14. The van der Waals surface area contributed by atoms with Gasteiger partial charge in [0.2, 0.25) is 0 Å². The summed E-state index contributed by atoms with van der Waals surface area (Å²) in [7, 11) is 0. The van der Waals surface area contributed by atoms with Gasteiger partial charge in [-0.25, -0.2) is 4.31 Å². The average molecular weight is 128 g/mol. The predicted octanol–water partition coefficient (Wildman–Crippen LogP) is 0.819. The maximum atomic E-state index is 8.40. The second kappa shape index (κ2) is 2.38. The fourth-order valence-electron chi connectivity index (χ4n) is 0.883. The third-order valence-corrected chi connectivity index (χ3v) is 1.85. The van der Waals surface area contributed by atoms with Crippen molar-refractivity contribution in [3.8, 4) is 6.07 Å². The molecule has 44 valence electrons. The van der Waals surface area contributed by atoms with Crippen molar-refractivity contribution in [3.63, 3.8) is 0 Å². The lowest BCUT2D eigenvalue weighted by atomic mass is 10.2. The van der Waals surface area contributed by atoms with Crippen LogP contribution in [0.5, 0.6) is 0 Å². The molecule has 0 spiro atoms. The molecule has 0 aromatic rings. The third kappa shape index (κ3) is 0.960. The van der Waals surface area contributed by atoms with E-state index in [1.54, 1.807) is 4.31 Å². The van der Waals surface area contributed by atoms with Crippen molar-refractivity contribution in [2.24, 2.45) is 0 Å². The third-order valence-electron chi connectivity index (χ3n) is 1.37. The zero-order chi connectivity index (χ0) is 5.98. The Balaban J connectivity index is 2.45. The summed E-state index contributed by atoms with van der Waals surface area (Å²) >= 11 is 4.08. The Labute approximate surface area is 54.6 Å². The molecular weight excluding hydrogens is 120 g/mol. The van der Waals surface area contributed by atoms with Crippen LogP contribution in [0.2, 0.25) is 0 Å². The molecule has 0 aliphatic carbocycles. The maximum Gasteiger partial charge on any atom is 0.107 e. The minimum absolute atomic E-state index is 0.0679. The number of nitriles is 1.